The highest BCUT2D eigenvalue weighted by Gasteiger charge is 2.29. The molecule has 1 heterocycles. The molecule has 1 fully saturated rings. The number of ether oxygens (including phenoxy) is 1. The summed E-state index contributed by atoms with van der Waals surface area (Å²) in [6.07, 6.45) is 0.907. The predicted octanol–water partition coefficient (Wildman–Crippen LogP) is 2.32. The Bertz CT molecular complexity index is 499. The summed E-state index contributed by atoms with van der Waals surface area (Å²) in [7, 11) is 0. The molecule has 1 amide bonds. The fourth-order valence-corrected chi connectivity index (χ4v) is 2.73. The summed E-state index contributed by atoms with van der Waals surface area (Å²) in [6, 6.07) is 4.66. The largest absolute Gasteiger partial charge is 0.378 e. The Balaban J connectivity index is 2.04. The van der Waals surface area contributed by atoms with Crippen molar-refractivity contribution in [3.8, 4) is 0 Å². The van der Waals surface area contributed by atoms with E-state index in [-0.39, 0.29) is 17.8 Å². The van der Waals surface area contributed by atoms with Crippen LogP contribution in [0.15, 0.2) is 22.7 Å². The molecule has 0 aliphatic carbocycles. The molecular formula is C15H20BrFN2O2. The highest BCUT2D eigenvalue weighted by Crippen LogP contribution is 2.19. The Hall–Kier alpha value is -0.980. The van der Waals surface area contributed by atoms with Crippen molar-refractivity contribution in [1.29, 1.82) is 0 Å². The number of carbonyl (C=O) groups excluding carboxylic acids is 1. The normalized spacial score (nSPS) is 19.5. The number of morpholine rings is 1. The van der Waals surface area contributed by atoms with Crippen LogP contribution in [0.4, 0.5) is 4.39 Å². The number of rotatable bonds is 5. The molecule has 21 heavy (non-hydrogen) atoms. The fraction of sp³-hybridized carbons (Fsp3) is 0.533. The highest BCUT2D eigenvalue weighted by atomic mass is 79.9. The van der Waals surface area contributed by atoms with Crippen molar-refractivity contribution in [3.63, 3.8) is 0 Å². The van der Waals surface area contributed by atoms with Crippen LogP contribution in [0.3, 0.4) is 0 Å². The molecule has 0 saturated carbocycles. The fourth-order valence-electron chi connectivity index (χ4n) is 2.31. The first-order valence-corrected chi connectivity index (χ1v) is 7.94. The number of amides is 1. The molecule has 4 nitrogen and oxygen atoms in total. The van der Waals surface area contributed by atoms with Crippen molar-refractivity contribution in [1.82, 2.24) is 10.2 Å². The minimum absolute atomic E-state index is 0.00210. The monoisotopic (exact) mass is 358 g/mol. The Labute approximate surface area is 132 Å². The van der Waals surface area contributed by atoms with Crippen molar-refractivity contribution in [2.24, 2.45) is 0 Å². The van der Waals surface area contributed by atoms with Gasteiger partial charge in [0.15, 0.2) is 0 Å². The number of benzene rings is 1. The minimum atomic E-state index is -0.283. The average molecular weight is 359 g/mol. The summed E-state index contributed by atoms with van der Waals surface area (Å²) >= 11 is 3.19. The summed E-state index contributed by atoms with van der Waals surface area (Å²) in [4.78, 5) is 14.3. The second-order valence-corrected chi connectivity index (χ2v) is 5.96. The number of nitrogens with zero attached hydrogens (tertiary/aromatic N) is 1. The molecule has 0 aromatic heterocycles. The second kappa shape index (κ2) is 7.87. The van der Waals surface area contributed by atoms with Gasteiger partial charge < -0.3 is 10.1 Å². The quantitative estimate of drug-likeness (QED) is 0.878. The van der Waals surface area contributed by atoms with E-state index >= 15 is 0 Å². The number of hydrogen-bond acceptors (Lipinski definition) is 3. The summed E-state index contributed by atoms with van der Waals surface area (Å²) < 4.78 is 19.1. The van der Waals surface area contributed by atoms with E-state index in [1.165, 1.54) is 6.07 Å². The topological polar surface area (TPSA) is 41.6 Å². The maximum Gasteiger partial charge on any atom is 0.239 e. The summed E-state index contributed by atoms with van der Waals surface area (Å²) in [6.45, 7) is 5.00. The summed E-state index contributed by atoms with van der Waals surface area (Å²) in [5.74, 6) is -0.282. The Morgan fingerprint density at radius 3 is 3.10 bits per heavy atom. The lowest BCUT2D eigenvalue weighted by Crippen LogP contribution is -2.53. The van der Waals surface area contributed by atoms with Crippen LogP contribution in [0.25, 0.3) is 0 Å². The zero-order valence-corrected chi connectivity index (χ0v) is 13.7. The van der Waals surface area contributed by atoms with Gasteiger partial charge in [0.1, 0.15) is 11.9 Å². The number of halogens is 2. The Morgan fingerprint density at radius 2 is 2.38 bits per heavy atom. The molecule has 1 aliphatic rings. The SMILES string of the molecule is CCCNC(=O)C1COCCN1Cc1ccc(F)c(Br)c1. The van der Waals surface area contributed by atoms with Gasteiger partial charge in [0.2, 0.25) is 5.91 Å². The van der Waals surface area contributed by atoms with Gasteiger partial charge in [0, 0.05) is 19.6 Å². The van der Waals surface area contributed by atoms with Crippen molar-refractivity contribution in [2.75, 3.05) is 26.3 Å². The molecule has 1 saturated heterocycles. The molecule has 0 radical (unpaired) electrons. The third kappa shape index (κ3) is 4.49. The number of hydrogen-bond donors (Lipinski definition) is 1. The highest BCUT2D eigenvalue weighted by molar-refractivity contribution is 9.10. The van der Waals surface area contributed by atoms with Crippen molar-refractivity contribution in [3.05, 3.63) is 34.1 Å². The standard InChI is InChI=1S/C15H20BrFN2O2/c1-2-5-18-15(20)14-10-21-7-6-19(14)9-11-3-4-13(17)12(16)8-11/h3-4,8,14H,2,5-7,9-10H2,1H3,(H,18,20). The van der Waals surface area contributed by atoms with Crippen LogP contribution < -0.4 is 5.32 Å². The van der Waals surface area contributed by atoms with Crippen LogP contribution in [-0.2, 0) is 16.1 Å². The lowest BCUT2D eigenvalue weighted by Gasteiger charge is -2.34. The van der Waals surface area contributed by atoms with E-state index in [0.717, 1.165) is 12.0 Å². The predicted molar refractivity (Wildman–Crippen MR) is 82.4 cm³/mol. The van der Waals surface area contributed by atoms with E-state index in [4.69, 9.17) is 4.74 Å². The van der Waals surface area contributed by atoms with Gasteiger partial charge in [-0.25, -0.2) is 4.39 Å². The van der Waals surface area contributed by atoms with E-state index in [9.17, 15) is 9.18 Å². The Kier molecular flexibility index (Phi) is 6.14. The van der Waals surface area contributed by atoms with E-state index in [2.05, 4.69) is 26.1 Å². The number of nitrogens with one attached hydrogen (secondary N) is 1. The molecular weight excluding hydrogens is 339 g/mol. The smallest absolute Gasteiger partial charge is 0.239 e. The maximum absolute atomic E-state index is 13.3. The van der Waals surface area contributed by atoms with Gasteiger partial charge in [-0.05, 0) is 40.0 Å². The Morgan fingerprint density at radius 1 is 1.57 bits per heavy atom. The van der Waals surface area contributed by atoms with Crippen LogP contribution in [0.2, 0.25) is 0 Å². The second-order valence-electron chi connectivity index (χ2n) is 5.10. The van der Waals surface area contributed by atoms with Gasteiger partial charge in [-0.15, -0.1) is 0 Å². The van der Waals surface area contributed by atoms with Crippen LogP contribution in [0.5, 0.6) is 0 Å². The zero-order chi connectivity index (χ0) is 15.2. The van der Waals surface area contributed by atoms with Crippen LogP contribution >= 0.6 is 15.9 Å². The lowest BCUT2D eigenvalue weighted by molar-refractivity contribution is -0.132. The molecule has 0 bridgehead atoms. The maximum atomic E-state index is 13.3. The van der Waals surface area contributed by atoms with Gasteiger partial charge in [-0.2, -0.15) is 0 Å². The van der Waals surface area contributed by atoms with Crippen LogP contribution in [-0.4, -0.2) is 43.2 Å². The molecule has 6 heteroatoms. The first-order chi connectivity index (χ1) is 10.1. The molecule has 1 aromatic rings. The third-order valence-corrected chi connectivity index (χ3v) is 4.07. The van der Waals surface area contributed by atoms with Crippen LogP contribution in [0, 0.1) is 5.82 Å². The first kappa shape index (κ1) is 16.4. The third-order valence-electron chi connectivity index (χ3n) is 3.46. The summed E-state index contributed by atoms with van der Waals surface area (Å²) in [5.41, 5.74) is 0.971. The lowest BCUT2D eigenvalue weighted by atomic mass is 10.1. The molecule has 0 spiro atoms. The van der Waals surface area contributed by atoms with E-state index < -0.39 is 0 Å². The van der Waals surface area contributed by atoms with E-state index in [1.807, 2.05) is 6.92 Å². The van der Waals surface area contributed by atoms with Crippen molar-refractivity contribution >= 4 is 21.8 Å². The first-order valence-electron chi connectivity index (χ1n) is 7.15. The van der Waals surface area contributed by atoms with Gasteiger partial charge in [0.05, 0.1) is 17.7 Å². The van der Waals surface area contributed by atoms with E-state index in [1.54, 1.807) is 12.1 Å². The van der Waals surface area contributed by atoms with Crippen molar-refractivity contribution < 1.29 is 13.9 Å². The molecule has 1 aliphatic heterocycles. The average Bonchev–Trinajstić information content (AvgIpc) is 2.49. The number of carbonyl (C=O) groups is 1. The van der Waals surface area contributed by atoms with E-state index in [0.29, 0.717) is 37.3 Å². The summed E-state index contributed by atoms with van der Waals surface area (Å²) in [5, 5.41) is 2.91. The minimum Gasteiger partial charge on any atom is -0.378 e. The van der Waals surface area contributed by atoms with Gasteiger partial charge >= 0.3 is 0 Å². The molecule has 1 unspecified atom stereocenters. The molecule has 1 atom stereocenters. The van der Waals surface area contributed by atoms with Crippen LogP contribution in [0.1, 0.15) is 18.9 Å². The molecule has 1 aromatic carbocycles. The zero-order valence-electron chi connectivity index (χ0n) is 12.1. The molecule has 116 valence electrons. The van der Waals surface area contributed by atoms with Gasteiger partial charge in [-0.1, -0.05) is 13.0 Å². The van der Waals surface area contributed by atoms with Gasteiger partial charge in [-0.3, -0.25) is 9.69 Å². The van der Waals surface area contributed by atoms with Gasteiger partial charge in [0.25, 0.3) is 0 Å². The van der Waals surface area contributed by atoms with Crippen molar-refractivity contribution in [2.45, 2.75) is 25.9 Å². The molecule has 2 rings (SSSR count). The molecule has 1 N–H and O–H groups in total.